The van der Waals surface area contributed by atoms with Crippen LogP contribution in [-0.2, 0) is 21.2 Å². The van der Waals surface area contributed by atoms with Gasteiger partial charge >= 0.3 is 0 Å². The van der Waals surface area contributed by atoms with E-state index in [0.717, 1.165) is 68.3 Å². The minimum Gasteiger partial charge on any atom is -0.384 e. The first-order chi connectivity index (χ1) is 21.1. The predicted octanol–water partition coefficient (Wildman–Crippen LogP) is 6.40. The Bertz CT molecular complexity index is 1410. The van der Waals surface area contributed by atoms with Crippen molar-refractivity contribution in [3.63, 3.8) is 0 Å². The Balaban J connectivity index is 1.32. The van der Waals surface area contributed by atoms with Crippen LogP contribution in [0.5, 0.6) is 0 Å². The Morgan fingerprint density at radius 3 is 2.39 bits per heavy atom. The maximum absolute atomic E-state index is 14.1. The summed E-state index contributed by atoms with van der Waals surface area (Å²) in [6.45, 7) is 6.33. The molecule has 2 aliphatic heterocycles. The zero-order valence-electron chi connectivity index (χ0n) is 26.6. The zero-order chi connectivity index (χ0) is 31.3. The quantitative estimate of drug-likeness (QED) is 0.144. The van der Waals surface area contributed by atoms with Gasteiger partial charge in [0.2, 0.25) is 15.9 Å². The van der Waals surface area contributed by atoms with E-state index in [2.05, 4.69) is 23.5 Å². The van der Waals surface area contributed by atoms with Gasteiger partial charge in [0.25, 0.3) is 0 Å². The fraction of sp³-hybridized carbons (Fsp3) is 0.600. The third kappa shape index (κ3) is 8.02. The van der Waals surface area contributed by atoms with Gasteiger partial charge in [-0.3, -0.25) is 19.8 Å². The van der Waals surface area contributed by atoms with Gasteiger partial charge in [0, 0.05) is 29.9 Å². The molecule has 8 nitrogen and oxygen atoms in total. The van der Waals surface area contributed by atoms with Crippen molar-refractivity contribution < 1.29 is 13.2 Å². The Hall–Kier alpha value is -2.91. The molecule has 5 rings (SSSR count). The van der Waals surface area contributed by atoms with Gasteiger partial charge in [0.1, 0.15) is 5.84 Å². The van der Waals surface area contributed by atoms with Crippen LogP contribution in [0.4, 0.5) is 11.4 Å². The number of nitrogens with two attached hydrogens (primary N) is 1. The number of amidine groups is 1. The van der Waals surface area contributed by atoms with E-state index in [1.54, 1.807) is 6.07 Å². The first kappa shape index (κ1) is 32.5. The number of nitrogens with zero attached hydrogens (tertiary/aromatic N) is 2. The molecule has 9 heteroatoms. The summed E-state index contributed by atoms with van der Waals surface area (Å²) >= 11 is 0. The third-order valence-corrected chi connectivity index (χ3v) is 11.5. The number of carbonyl (C=O) groups excluding carboxylic acids is 1. The van der Waals surface area contributed by atoms with Crippen LogP contribution in [0.1, 0.15) is 107 Å². The van der Waals surface area contributed by atoms with Gasteiger partial charge in [-0.15, -0.1) is 0 Å². The minimum atomic E-state index is -3.49. The molecule has 2 aromatic carbocycles. The maximum atomic E-state index is 14.1. The van der Waals surface area contributed by atoms with E-state index in [0.29, 0.717) is 36.3 Å². The third-order valence-electron chi connectivity index (χ3n) is 10.1. The van der Waals surface area contributed by atoms with Gasteiger partial charge in [-0.2, -0.15) is 0 Å². The summed E-state index contributed by atoms with van der Waals surface area (Å²) in [5.41, 5.74) is 9.56. The molecule has 3 atom stereocenters. The number of benzene rings is 2. The van der Waals surface area contributed by atoms with E-state index >= 15 is 0 Å². The molecule has 1 unspecified atom stereocenters. The molecule has 1 saturated heterocycles. The lowest BCUT2D eigenvalue weighted by atomic mass is 9.85. The highest BCUT2D eigenvalue weighted by Gasteiger charge is 2.34. The number of carbonyl (C=O) groups is 1. The van der Waals surface area contributed by atoms with Crippen LogP contribution in [0.25, 0.3) is 0 Å². The van der Waals surface area contributed by atoms with Gasteiger partial charge < -0.3 is 10.6 Å². The Morgan fingerprint density at radius 1 is 0.932 bits per heavy atom. The second-order valence-electron chi connectivity index (χ2n) is 13.4. The van der Waals surface area contributed by atoms with Crippen molar-refractivity contribution in [3.05, 3.63) is 59.2 Å². The summed E-state index contributed by atoms with van der Waals surface area (Å²) in [5.74, 6) is -0.0335. The van der Waals surface area contributed by atoms with E-state index in [9.17, 15) is 13.2 Å². The molecule has 2 aromatic rings. The van der Waals surface area contributed by atoms with E-state index < -0.39 is 10.0 Å². The number of amides is 1. The van der Waals surface area contributed by atoms with Crippen LogP contribution >= 0.6 is 0 Å². The number of piperidine rings is 1. The molecule has 1 amide bonds. The van der Waals surface area contributed by atoms with E-state index in [1.165, 1.54) is 25.7 Å². The summed E-state index contributed by atoms with van der Waals surface area (Å²) in [6.07, 6.45) is 12.7. The van der Waals surface area contributed by atoms with Crippen molar-refractivity contribution in [3.8, 4) is 0 Å². The predicted molar refractivity (Wildman–Crippen MR) is 180 cm³/mol. The van der Waals surface area contributed by atoms with E-state index in [4.69, 9.17) is 11.1 Å². The van der Waals surface area contributed by atoms with Gasteiger partial charge in [-0.05, 0) is 101 Å². The molecule has 1 saturated carbocycles. The average molecular weight is 622 g/mol. The van der Waals surface area contributed by atoms with Crippen molar-refractivity contribution in [2.45, 2.75) is 109 Å². The Morgan fingerprint density at radius 2 is 1.66 bits per heavy atom. The lowest BCUT2D eigenvalue weighted by Crippen LogP contribution is -2.44. The van der Waals surface area contributed by atoms with Gasteiger partial charge in [-0.25, -0.2) is 8.42 Å². The molecule has 0 aromatic heterocycles. The van der Waals surface area contributed by atoms with Gasteiger partial charge in [0.15, 0.2) is 0 Å². The summed E-state index contributed by atoms with van der Waals surface area (Å²) < 4.78 is 29.0. The minimum absolute atomic E-state index is 0.0127. The second-order valence-corrected chi connectivity index (χ2v) is 15.2. The number of rotatable bonds is 12. The van der Waals surface area contributed by atoms with Crippen LogP contribution in [-0.4, -0.2) is 56.0 Å². The number of fused-ring (bicyclic) bond motifs is 1. The zero-order valence-corrected chi connectivity index (χ0v) is 27.4. The normalized spacial score (nSPS) is 23.4. The highest BCUT2D eigenvalue weighted by Crippen LogP contribution is 2.38. The van der Waals surface area contributed by atoms with Gasteiger partial charge in [-0.1, -0.05) is 56.4 Å². The largest absolute Gasteiger partial charge is 0.384 e. The van der Waals surface area contributed by atoms with E-state index in [-0.39, 0.29) is 29.3 Å². The monoisotopic (exact) mass is 621 g/mol. The van der Waals surface area contributed by atoms with Crippen LogP contribution in [0.2, 0.25) is 0 Å². The summed E-state index contributed by atoms with van der Waals surface area (Å²) in [4.78, 5) is 18.6. The number of nitrogens with one attached hydrogen (secondary N) is 2. The molecule has 2 fully saturated rings. The Kier molecular flexibility index (Phi) is 10.7. The van der Waals surface area contributed by atoms with Crippen molar-refractivity contribution in [2.24, 2.45) is 11.7 Å². The summed E-state index contributed by atoms with van der Waals surface area (Å²) in [6, 6.07) is 14.3. The summed E-state index contributed by atoms with van der Waals surface area (Å²) in [7, 11) is -3.49. The van der Waals surface area contributed by atoms with Crippen molar-refractivity contribution in [1.29, 1.82) is 5.41 Å². The molecule has 240 valence electrons. The number of sulfonamides is 1. The highest BCUT2D eigenvalue weighted by molar-refractivity contribution is 7.92. The molecule has 4 N–H and O–H groups in total. The topological polar surface area (TPSA) is 120 Å². The average Bonchev–Trinajstić information content (AvgIpc) is 2.99. The number of nitrogen functional groups attached to an aromatic ring is 1. The first-order valence-corrected chi connectivity index (χ1v) is 18.4. The SMILES string of the molecule is C[C@@H]1CCC[C@H](C)N1CCCCCN1C(=O)C(c2cccc(C(=N)N)c2)Cc2ccc(NS(=O)(=O)CC3CCCCC3)cc21. The van der Waals surface area contributed by atoms with Crippen LogP contribution in [0.3, 0.4) is 0 Å². The molecule has 0 bridgehead atoms. The van der Waals surface area contributed by atoms with Crippen molar-refractivity contribution in [2.75, 3.05) is 28.5 Å². The molecule has 44 heavy (non-hydrogen) atoms. The molecule has 1 aliphatic carbocycles. The molecule has 0 spiro atoms. The standard InChI is InChI=1S/C35H51N5O3S/c1-25-11-9-12-26(2)39(25)19-7-4-8-20-40-33-23-31(38-44(42,43)24-27-13-5-3-6-14-27)18-17-29(33)22-32(35(40)41)28-15-10-16-30(21-28)34(36)37/h10,15-18,21,23,25-27,32,38H,3-9,11-14,19-20,22,24H2,1-2H3,(H3,36,37)/t25-,26+,32?. The number of likely N-dealkylation sites (tertiary alicyclic amines) is 1. The highest BCUT2D eigenvalue weighted by atomic mass is 32.2. The smallest absolute Gasteiger partial charge is 0.234 e. The Labute approximate surface area is 264 Å². The lowest BCUT2D eigenvalue weighted by Gasteiger charge is -2.39. The first-order valence-electron chi connectivity index (χ1n) is 16.8. The van der Waals surface area contributed by atoms with E-state index in [1.807, 2.05) is 41.3 Å². The van der Waals surface area contributed by atoms with Crippen LogP contribution in [0, 0.1) is 11.3 Å². The molecular formula is C35H51N5O3S. The molecule has 0 radical (unpaired) electrons. The molecule has 2 heterocycles. The maximum Gasteiger partial charge on any atom is 0.234 e. The number of anilines is 2. The van der Waals surface area contributed by atoms with Crippen LogP contribution in [0.15, 0.2) is 42.5 Å². The lowest BCUT2D eigenvalue weighted by molar-refractivity contribution is -0.120. The number of hydrogen-bond donors (Lipinski definition) is 3. The second kappa shape index (κ2) is 14.5. The fourth-order valence-electron chi connectivity index (χ4n) is 7.62. The molecular weight excluding hydrogens is 570 g/mol. The molecule has 3 aliphatic rings. The fourth-order valence-corrected chi connectivity index (χ4v) is 9.14. The van der Waals surface area contributed by atoms with Crippen molar-refractivity contribution >= 4 is 33.1 Å². The van der Waals surface area contributed by atoms with Crippen LogP contribution < -0.4 is 15.4 Å². The summed E-state index contributed by atoms with van der Waals surface area (Å²) in [5, 5.41) is 7.88. The number of hydrogen-bond acceptors (Lipinski definition) is 5. The number of unbranched alkanes of at least 4 members (excludes halogenated alkanes) is 2. The van der Waals surface area contributed by atoms with Gasteiger partial charge in [0.05, 0.1) is 17.4 Å². The van der Waals surface area contributed by atoms with Crippen molar-refractivity contribution in [1.82, 2.24) is 4.90 Å².